The van der Waals surface area contributed by atoms with Gasteiger partial charge < -0.3 is 10.5 Å². The van der Waals surface area contributed by atoms with Gasteiger partial charge in [0.1, 0.15) is 5.75 Å². The van der Waals surface area contributed by atoms with Crippen molar-refractivity contribution in [3.05, 3.63) is 29.3 Å². The van der Waals surface area contributed by atoms with Crippen molar-refractivity contribution in [3.63, 3.8) is 0 Å². The third-order valence-corrected chi connectivity index (χ3v) is 3.77. The van der Waals surface area contributed by atoms with Crippen molar-refractivity contribution < 1.29 is 4.74 Å². The van der Waals surface area contributed by atoms with Gasteiger partial charge in [0.2, 0.25) is 0 Å². The molecule has 0 heterocycles. The highest BCUT2D eigenvalue weighted by Crippen LogP contribution is 2.30. The largest absolute Gasteiger partial charge is 0.497 e. The molecule has 3 heteroatoms. The maximum absolute atomic E-state index is 5.94. The number of nitrogens with two attached hydrogens (primary N) is 1. The maximum Gasteiger partial charge on any atom is 0.119 e. The number of rotatable bonds is 4. The van der Waals surface area contributed by atoms with Crippen LogP contribution in [0.15, 0.2) is 18.2 Å². The van der Waals surface area contributed by atoms with Crippen LogP contribution in [0.1, 0.15) is 17.5 Å². The van der Waals surface area contributed by atoms with Gasteiger partial charge in [-0.15, -0.1) is 6.42 Å². The predicted molar refractivity (Wildman–Crippen MR) is 73.6 cm³/mol. The Kier molecular flexibility index (Phi) is 3.90. The van der Waals surface area contributed by atoms with E-state index < -0.39 is 0 Å². The molecule has 1 atom stereocenters. The molecule has 0 saturated carbocycles. The molecule has 0 saturated heterocycles. The highest BCUT2D eigenvalue weighted by Gasteiger charge is 2.32. The molecule has 0 spiro atoms. The van der Waals surface area contributed by atoms with Crippen LogP contribution in [0.25, 0.3) is 0 Å². The molecule has 1 aliphatic rings. The minimum atomic E-state index is -0.0638. The van der Waals surface area contributed by atoms with Gasteiger partial charge in [0.25, 0.3) is 0 Å². The smallest absolute Gasteiger partial charge is 0.119 e. The quantitative estimate of drug-likeness (QED) is 0.780. The topological polar surface area (TPSA) is 47.3 Å². The van der Waals surface area contributed by atoms with Crippen LogP contribution in [0.2, 0.25) is 0 Å². The zero-order valence-corrected chi connectivity index (χ0v) is 10.8. The molecule has 0 aromatic heterocycles. The van der Waals surface area contributed by atoms with Gasteiger partial charge in [0.15, 0.2) is 0 Å². The SMILES string of the molecule is C#CCNC1(CN)CCc2ccc(OC)cc2C1. The monoisotopic (exact) mass is 244 g/mol. The molecule has 0 amide bonds. The van der Waals surface area contributed by atoms with Crippen LogP contribution in [0, 0.1) is 12.3 Å². The minimum Gasteiger partial charge on any atom is -0.497 e. The van der Waals surface area contributed by atoms with Gasteiger partial charge >= 0.3 is 0 Å². The van der Waals surface area contributed by atoms with E-state index in [1.165, 1.54) is 11.1 Å². The van der Waals surface area contributed by atoms with Crippen LogP contribution in [0.5, 0.6) is 5.75 Å². The normalized spacial score (nSPS) is 22.1. The lowest BCUT2D eigenvalue weighted by Crippen LogP contribution is -2.55. The number of aryl methyl sites for hydroxylation is 1. The fraction of sp³-hybridized carbons (Fsp3) is 0.467. The molecule has 96 valence electrons. The van der Waals surface area contributed by atoms with Gasteiger partial charge in [0, 0.05) is 12.1 Å². The first-order valence-electron chi connectivity index (χ1n) is 6.27. The molecule has 0 radical (unpaired) electrons. The van der Waals surface area contributed by atoms with Crippen LogP contribution in [-0.2, 0) is 12.8 Å². The summed E-state index contributed by atoms with van der Waals surface area (Å²) in [7, 11) is 1.69. The van der Waals surface area contributed by atoms with Crippen molar-refractivity contribution in [3.8, 4) is 18.1 Å². The second kappa shape index (κ2) is 5.43. The summed E-state index contributed by atoms with van der Waals surface area (Å²) in [4.78, 5) is 0. The van der Waals surface area contributed by atoms with E-state index in [4.69, 9.17) is 16.9 Å². The van der Waals surface area contributed by atoms with Crippen LogP contribution in [0.4, 0.5) is 0 Å². The van der Waals surface area contributed by atoms with Crippen molar-refractivity contribution >= 4 is 0 Å². The molecule has 1 aromatic rings. The van der Waals surface area contributed by atoms with E-state index in [1.807, 2.05) is 6.07 Å². The van der Waals surface area contributed by atoms with Crippen molar-refractivity contribution in [2.24, 2.45) is 5.73 Å². The van der Waals surface area contributed by atoms with Crippen molar-refractivity contribution in [1.29, 1.82) is 0 Å². The van der Waals surface area contributed by atoms with Gasteiger partial charge in [-0.3, -0.25) is 5.32 Å². The van der Waals surface area contributed by atoms with Gasteiger partial charge in [-0.2, -0.15) is 0 Å². The highest BCUT2D eigenvalue weighted by atomic mass is 16.5. The number of benzene rings is 1. The van der Waals surface area contributed by atoms with Crippen LogP contribution in [-0.4, -0.2) is 25.7 Å². The number of hydrogen-bond donors (Lipinski definition) is 2. The first-order chi connectivity index (χ1) is 8.73. The second-order valence-corrected chi connectivity index (χ2v) is 4.85. The molecule has 3 N–H and O–H groups in total. The Bertz CT molecular complexity index is 464. The third kappa shape index (κ3) is 2.50. The van der Waals surface area contributed by atoms with E-state index in [0.717, 1.165) is 25.0 Å². The summed E-state index contributed by atoms with van der Waals surface area (Å²) < 4.78 is 5.28. The van der Waals surface area contributed by atoms with E-state index in [0.29, 0.717) is 13.1 Å². The minimum absolute atomic E-state index is 0.0638. The Labute approximate surface area is 109 Å². The fourth-order valence-electron chi connectivity index (χ4n) is 2.60. The number of methoxy groups -OCH3 is 1. The lowest BCUT2D eigenvalue weighted by molar-refractivity contribution is 0.306. The molecule has 1 aliphatic carbocycles. The first-order valence-corrected chi connectivity index (χ1v) is 6.27. The molecule has 0 aliphatic heterocycles. The zero-order valence-electron chi connectivity index (χ0n) is 10.8. The molecule has 18 heavy (non-hydrogen) atoms. The first kappa shape index (κ1) is 12.9. The summed E-state index contributed by atoms with van der Waals surface area (Å²) in [5.74, 6) is 3.53. The molecule has 2 rings (SSSR count). The Morgan fingerprint density at radius 2 is 2.33 bits per heavy atom. The summed E-state index contributed by atoms with van der Waals surface area (Å²) in [5.41, 5.74) is 8.59. The van der Waals surface area contributed by atoms with Gasteiger partial charge in [-0.25, -0.2) is 0 Å². The molecule has 0 fully saturated rings. The molecule has 3 nitrogen and oxygen atoms in total. The van der Waals surface area contributed by atoms with E-state index in [2.05, 4.69) is 23.4 Å². The Morgan fingerprint density at radius 1 is 1.50 bits per heavy atom. The lowest BCUT2D eigenvalue weighted by Gasteiger charge is -2.38. The Hall–Kier alpha value is -1.50. The fourth-order valence-corrected chi connectivity index (χ4v) is 2.60. The van der Waals surface area contributed by atoms with E-state index in [9.17, 15) is 0 Å². The van der Waals surface area contributed by atoms with Gasteiger partial charge in [-0.1, -0.05) is 12.0 Å². The summed E-state index contributed by atoms with van der Waals surface area (Å²) in [6.07, 6.45) is 8.31. The average molecular weight is 244 g/mol. The summed E-state index contributed by atoms with van der Waals surface area (Å²) in [6, 6.07) is 6.27. The zero-order chi connectivity index (χ0) is 13.0. The highest BCUT2D eigenvalue weighted by molar-refractivity contribution is 5.39. The third-order valence-electron chi connectivity index (χ3n) is 3.77. The van der Waals surface area contributed by atoms with Crippen LogP contribution >= 0.6 is 0 Å². The standard InChI is InChI=1S/C15H20N2O/c1-3-8-17-15(11-16)7-6-12-4-5-14(18-2)9-13(12)10-15/h1,4-5,9,17H,6-8,10-11,16H2,2H3. The number of fused-ring (bicyclic) bond motifs is 1. The van der Waals surface area contributed by atoms with Crippen molar-refractivity contribution in [2.75, 3.05) is 20.2 Å². The molecule has 1 aromatic carbocycles. The average Bonchev–Trinajstić information content (AvgIpc) is 2.44. The van der Waals surface area contributed by atoms with E-state index >= 15 is 0 Å². The summed E-state index contributed by atoms with van der Waals surface area (Å²) in [6.45, 7) is 1.17. The number of terminal acetylenes is 1. The summed E-state index contributed by atoms with van der Waals surface area (Å²) >= 11 is 0. The molecule has 1 unspecified atom stereocenters. The maximum atomic E-state index is 5.94. The van der Waals surface area contributed by atoms with Crippen LogP contribution < -0.4 is 15.8 Å². The van der Waals surface area contributed by atoms with Crippen molar-refractivity contribution in [2.45, 2.75) is 24.8 Å². The predicted octanol–water partition coefficient (Wildman–Crippen LogP) is 1.10. The lowest BCUT2D eigenvalue weighted by atomic mass is 9.78. The summed E-state index contributed by atoms with van der Waals surface area (Å²) in [5, 5.41) is 3.41. The number of nitrogens with one attached hydrogen (secondary N) is 1. The molecular formula is C15H20N2O. The number of hydrogen-bond acceptors (Lipinski definition) is 3. The number of ether oxygens (including phenoxy) is 1. The van der Waals surface area contributed by atoms with E-state index in [-0.39, 0.29) is 5.54 Å². The Balaban J connectivity index is 2.23. The van der Waals surface area contributed by atoms with Crippen molar-refractivity contribution in [1.82, 2.24) is 5.32 Å². The molecular weight excluding hydrogens is 224 g/mol. The second-order valence-electron chi connectivity index (χ2n) is 4.85. The van der Waals surface area contributed by atoms with E-state index in [1.54, 1.807) is 7.11 Å². The molecule has 0 bridgehead atoms. The van der Waals surface area contributed by atoms with Gasteiger partial charge in [-0.05, 0) is 42.5 Å². The Morgan fingerprint density at radius 3 is 3.00 bits per heavy atom. The van der Waals surface area contributed by atoms with Gasteiger partial charge in [0.05, 0.1) is 13.7 Å². The van der Waals surface area contributed by atoms with Crippen LogP contribution in [0.3, 0.4) is 0 Å².